The van der Waals surface area contributed by atoms with Gasteiger partial charge in [0.15, 0.2) is 0 Å². The lowest BCUT2D eigenvalue weighted by Gasteiger charge is -2.08. The van der Waals surface area contributed by atoms with Crippen LogP contribution in [0.3, 0.4) is 0 Å². The number of hydrogen-bond acceptors (Lipinski definition) is 2. The fourth-order valence-electron chi connectivity index (χ4n) is 1.69. The van der Waals surface area contributed by atoms with Crippen molar-refractivity contribution >= 4 is 15.9 Å². The maximum Gasteiger partial charge on any atom is 0.126 e. The van der Waals surface area contributed by atoms with Crippen LogP contribution in [0.25, 0.3) is 11.3 Å². The van der Waals surface area contributed by atoms with Gasteiger partial charge in [0.2, 0.25) is 0 Å². The first kappa shape index (κ1) is 11.3. The van der Waals surface area contributed by atoms with Gasteiger partial charge < -0.3 is 0 Å². The topological polar surface area (TPSA) is 25.8 Å². The number of nitrogens with zero attached hydrogens (tertiary/aromatic N) is 2. The molecule has 0 aliphatic rings. The van der Waals surface area contributed by atoms with E-state index in [9.17, 15) is 0 Å². The third-order valence-corrected chi connectivity index (χ3v) is 3.09. The van der Waals surface area contributed by atoms with E-state index >= 15 is 0 Å². The van der Waals surface area contributed by atoms with E-state index in [-0.39, 0.29) is 0 Å². The lowest BCUT2D eigenvalue weighted by atomic mass is 10.1. The molecule has 1 aromatic carbocycles. The Hall–Kier alpha value is -1.22. The minimum atomic E-state index is 0.818. The maximum atomic E-state index is 4.51. The van der Waals surface area contributed by atoms with Crippen molar-refractivity contribution in [2.24, 2.45) is 0 Å². The summed E-state index contributed by atoms with van der Waals surface area (Å²) in [6.45, 7) is 6.00. The standard InChI is InChI=1S/C13H13BrN2/c1-8-9(2)15-10(3)16-13(8)11-5-4-6-12(14)7-11/h4-7H,1-3H3. The van der Waals surface area contributed by atoms with Crippen LogP contribution in [0.2, 0.25) is 0 Å². The second-order valence-corrected chi connectivity index (χ2v) is 4.76. The van der Waals surface area contributed by atoms with Gasteiger partial charge in [-0.3, -0.25) is 0 Å². The molecule has 0 aliphatic heterocycles. The zero-order chi connectivity index (χ0) is 11.7. The number of hydrogen-bond donors (Lipinski definition) is 0. The van der Waals surface area contributed by atoms with Gasteiger partial charge in [-0.15, -0.1) is 0 Å². The van der Waals surface area contributed by atoms with Crippen LogP contribution in [-0.2, 0) is 0 Å². The molecule has 0 atom stereocenters. The van der Waals surface area contributed by atoms with Crippen molar-refractivity contribution in [1.29, 1.82) is 0 Å². The molecule has 1 heterocycles. The summed E-state index contributed by atoms with van der Waals surface area (Å²) in [5.74, 6) is 0.818. The fraction of sp³-hybridized carbons (Fsp3) is 0.231. The second kappa shape index (κ2) is 4.34. The van der Waals surface area contributed by atoms with Gasteiger partial charge >= 0.3 is 0 Å². The normalized spacial score (nSPS) is 10.5. The van der Waals surface area contributed by atoms with Gasteiger partial charge in [0.1, 0.15) is 5.82 Å². The molecule has 2 nitrogen and oxygen atoms in total. The summed E-state index contributed by atoms with van der Waals surface area (Å²) in [7, 11) is 0. The van der Waals surface area contributed by atoms with E-state index in [1.807, 2.05) is 26.0 Å². The van der Waals surface area contributed by atoms with Crippen molar-refractivity contribution in [3.8, 4) is 11.3 Å². The lowest BCUT2D eigenvalue weighted by Crippen LogP contribution is -1.98. The summed E-state index contributed by atoms with van der Waals surface area (Å²) in [6.07, 6.45) is 0. The molecule has 0 radical (unpaired) electrons. The molecule has 3 heteroatoms. The van der Waals surface area contributed by atoms with Crippen LogP contribution in [0, 0.1) is 20.8 Å². The summed E-state index contributed by atoms with van der Waals surface area (Å²) >= 11 is 3.48. The summed E-state index contributed by atoms with van der Waals surface area (Å²) in [5, 5.41) is 0. The Morgan fingerprint density at radius 3 is 2.50 bits per heavy atom. The molecule has 82 valence electrons. The van der Waals surface area contributed by atoms with Gasteiger partial charge in [0.25, 0.3) is 0 Å². The molecule has 0 bridgehead atoms. The van der Waals surface area contributed by atoms with Crippen molar-refractivity contribution < 1.29 is 0 Å². The molecule has 16 heavy (non-hydrogen) atoms. The van der Waals surface area contributed by atoms with E-state index in [2.05, 4.69) is 45.0 Å². The average molecular weight is 277 g/mol. The van der Waals surface area contributed by atoms with Crippen molar-refractivity contribution in [3.63, 3.8) is 0 Å². The zero-order valence-corrected chi connectivity index (χ0v) is 11.2. The van der Waals surface area contributed by atoms with Crippen LogP contribution >= 0.6 is 15.9 Å². The molecular weight excluding hydrogens is 264 g/mol. The van der Waals surface area contributed by atoms with Crippen LogP contribution in [0.4, 0.5) is 0 Å². The Morgan fingerprint density at radius 2 is 1.81 bits per heavy atom. The summed E-state index contributed by atoms with van der Waals surface area (Å²) < 4.78 is 1.07. The van der Waals surface area contributed by atoms with Crippen molar-refractivity contribution in [3.05, 3.63) is 45.8 Å². The maximum absolute atomic E-state index is 4.51. The highest BCUT2D eigenvalue weighted by Crippen LogP contribution is 2.25. The van der Waals surface area contributed by atoms with Crippen LogP contribution in [0.15, 0.2) is 28.7 Å². The molecule has 2 rings (SSSR count). The van der Waals surface area contributed by atoms with Crippen LogP contribution < -0.4 is 0 Å². The Morgan fingerprint density at radius 1 is 1.06 bits per heavy atom. The Kier molecular flexibility index (Phi) is 3.06. The monoisotopic (exact) mass is 276 g/mol. The molecule has 0 saturated carbocycles. The Balaban J connectivity index is 2.64. The van der Waals surface area contributed by atoms with Gasteiger partial charge in [0, 0.05) is 15.7 Å². The first-order valence-corrected chi connectivity index (χ1v) is 5.95. The van der Waals surface area contributed by atoms with Crippen molar-refractivity contribution in [2.75, 3.05) is 0 Å². The number of rotatable bonds is 1. The van der Waals surface area contributed by atoms with E-state index in [1.165, 1.54) is 0 Å². The van der Waals surface area contributed by atoms with Gasteiger partial charge in [-0.2, -0.15) is 0 Å². The number of aromatic nitrogens is 2. The molecule has 0 N–H and O–H groups in total. The summed E-state index contributed by atoms with van der Waals surface area (Å²) in [5.41, 5.74) is 4.33. The lowest BCUT2D eigenvalue weighted by molar-refractivity contribution is 0.992. The van der Waals surface area contributed by atoms with Crippen molar-refractivity contribution in [1.82, 2.24) is 9.97 Å². The molecule has 0 saturated heterocycles. The molecule has 0 aliphatic carbocycles. The quantitative estimate of drug-likeness (QED) is 0.791. The van der Waals surface area contributed by atoms with E-state index in [0.717, 1.165) is 32.8 Å². The highest BCUT2D eigenvalue weighted by molar-refractivity contribution is 9.10. The Bertz CT molecular complexity index is 535. The number of halogens is 1. The molecule has 0 amide bonds. The smallest absolute Gasteiger partial charge is 0.126 e. The molecule has 2 aromatic rings. The highest BCUT2D eigenvalue weighted by Gasteiger charge is 2.08. The second-order valence-electron chi connectivity index (χ2n) is 3.84. The SMILES string of the molecule is Cc1nc(C)c(C)c(-c2cccc(Br)c2)n1. The van der Waals surface area contributed by atoms with E-state index < -0.39 is 0 Å². The third-order valence-electron chi connectivity index (χ3n) is 2.60. The number of aryl methyl sites for hydroxylation is 2. The average Bonchev–Trinajstić information content (AvgIpc) is 2.23. The first-order chi connectivity index (χ1) is 7.58. The molecular formula is C13H13BrN2. The molecule has 0 fully saturated rings. The number of benzene rings is 1. The minimum absolute atomic E-state index is 0.818. The predicted octanol–water partition coefficient (Wildman–Crippen LogP) is 3.83. The summed E-state index contributed by atoms with van der Waals surface area (Å²) in [4.78, 5) is 8.87. The van der Waals surface area contributed by atoms with Crippen LogP contribution in [0.1, 0.15) is 17.1 Å². The molecule has 1 aromatic heterocycles. The van der Waals surface area contributed by atoms with Crippen LogP contribution in [0.5, 0.6) is 0 Å². The van der Waals surface area contributed by atoms with E-state index in [4.69, 9.17) is 0 Å². The third kappa shape index (κ3) is 2.14. The molecule has 0 unspecified atom stereocenters. The van der Waals surface area contributed by atoms with Gasteiger partial charge in [-0.05, 0) is 38.5 Å². The minimum Gasteiger partial charge on any atom is -0.238 e. The van der Waals surface area contributed by atoms with Gasteiger partial charge in [-0.1, -0.05) is 28.1 Å². The highest BCUT2D eigenvalue weighted by atomic mass is 79.9. The zero-order valence-electron chi connectivity index (χ0n) is 9.58. The van der Waals surface area contributed by atoms with Crippen molar-refractivity contribution in [2.45, 2.75) is 20.8 Å². The van der Waals surface area contributed by atoms with E-state index in [1.54, 1.807) is 0 Å². The Labute approximate surface area is 104 Å². The van der Waals surface area contributed by atoms with E-state index in [0.29, 0.717) is 0 Å². The fourth-order valence-corrected chi connectivity index (χ4v) is 2.08. The largest absolute Gasteiger partial charge is 0.238 e. The summed E-state index contributed by atoms with van der Waals surface area (Å²) in [6, 6.07) is 8.18. The van der Waals surface area contributed by atoms with Crippen LogP contribution in [-0.4, -0.2) is 9.97 Å². The molecule has 0 spiro atoms. The van der Waals surface area contributed by atoms with Gasteiger partial charge in [-0.25, -0.2) is 9.97 Å². The first-order valence-electron chi connectivity index (χ1n) is 5.15. The van der Waals surface area contributed by atoms with Gasteiger partial charge in [0.05, 0.1) is 5.69 Å². The predicted molar refractivity (Wildman–Crippen MR) is 69.4 cm³/mol.